The number of alkyl halides is 6. The van der Waals surface area contributed by atoms with Gasteiger partial charge >= 0.3 is 31.1 Å². The highest BCUT2D eigenvalue weighted by Crippen LogP contribution is 2.21. The molecule has 0 aliphatic carbocycles. The highest BCUT2D eigenvalue weighted by atomic mass is 35.5. The van der Waals surface area contributed by atoms with Gasteiger partial charge in [-0.25, -0.2) is 26.3 Å². The second-order valence-electron chi connectivity index (χ2n) is 3.66. The Hall–Kier alpha value is -0.720. The van der Waals surface area contributed by atoms with Gasteiger partial charge in [0.2, 0.25) is 0 Å². The van der Waals surface area contributed by atoms with Gasteiger partial charge in [-0.2, -0.15) is 26.3 Å². The van der Waals surface area contributed by atoms with E-state index >= 15 is 0 Å². The van der Waals surface area contributed by atoms with Gasteiger partial charge in [-0.3, -0.25) is 0 Å². The Kier molecular flexibility index (Phi) is 13.7. The van der Waals surface area contributed by atoms with Crippen molar-refractivity contribution >= 4 is 38.7 Å². The highest BCUT2D eigenvalue weighted by Gasteiger charge is 2.46. The number of nitrogens with one attached hydrogen (secondary N) is 2. The van der Waals surface area contributed by atoms with Crippen LogP contribution >= 0.6 is 12.4 Å². The van der Waals surface area contributed by atoms with Crippen LogP contribution in [0.5, 0.6) is 0 Å². The Labute approximate surface area is 150 Å². The molecule has 0 aliphatic heterocycles. The number of carbonyl (C=O) groups excluding carboxylic acids is 1. The van der Waals surface area contributed by atoms with Crippen LogP contribution in [0.4, 0.5) is 26.3 Å². The fraction of sp³-hybridized carbons (Fsp3) is 0.875. The molecule has 0 aromatic heterocycles. The SMILES string of the molecule is COC(CNS(=O)(=O)C(F)(F)F)OC.Cl.O=CCNS(=O)(=O)C(F)(F)F. The fourth-order valence-electron chi connectivity index (χ4n) is 0.748. The molecule has 2 N–H and O–H groups in total. The van der Waals surface area contributed by atoms with E-state index in [4.69, 9.17) is 0 Å². The van der Waals surface area contributed by atoms with Crippen molar-refractivity contribution in [1.82, 2.24) is 9.44 Å². The molecule has 0 saturated carbocycles. The van der Waals surface area contributed by atoms with E-state index in [1.54, 1.807) is 0 Å². The molecule has 26 heavy (non-hydrogen) atoms. The van der Waals surface area contributed by atoms with Crippen LogP contribution < -0.4 is 9.44 Å². The number of hydrogen-bond acceptors (Lipinski definition) is 7. The van der Waals surface area contributed by atoms with Gasteiger partial charge in [0.1, 0.15) is 6.29 Å². The lowest BCUT2D eigenvalue weighted by Gasteiger charge is -2.15. The Morgan fingerprint density at radius 2 is 1.23 bits per heavy atom. The number of rotatable bonds is 8. The summed E-state index contributed by atoms with van der Waals surface area (Å²) in [5, 5.41) is 0. The molecule has 9 nitrogen and oxygen atoms in total. The van der Waals surface area contributed by atoms with Gasteiger partial charge in [0.15, 0.2) is 6.29 Å². The minimum atomic E-state index is -5.35. The first kappa shape index (κ1) is 30.0. The van der Waals surface area contributed by atoms with E-state index in [9.17, 15) is 48.0 Å². The first-order chi connectivity index (χ1) is 11.1. The minimum Gasteiger partial charge on any atom is -0.355 e. The van der Waals surface area contributed by atoms with E-state index in [2.05, 4.69) is 9.47 Å². The number of hydrogen-bond donors (Lipinski definition) is 2. The van der Waals surface area contributed by atoms with Crippen LogP contribution in [0.3, 0.4) is 0 Å². The largest absolute Gasteiger partial charge is 0.511 e. The van der Waals surface area contributed by atoms with Crippen molar-refractivity contribution in [1.29, 1.82) is 0 Å². The molecule has 0 spiro atoms. The van der Waals surface area contributed by atoms with Crippen LogP contribution in [-0.4, -0.2) is 67.7 Å². The normalized spacial score (nSPS) is 12.8. The summed E-state index contributed by atoms with van der Waals surface area (Å²) in [6.07, 6.45) is -1.03. The monoisotopic (exact) mass is 464 g/mol. The molecule has 0 aliphatic rings. The maximum atomic E-state index is 11.8. The van der Waals surface area contributed by atoms with Gasteiger partial charge in [0.25, 0.3) is 0 Å². The summed E-state index contributed by atoms with van der Waals surface area (Å²) in [5.74, 6) is 0. The molecule has 0 heterocycles. The van der Waals surface area contributed by atoms with E-state index < -0.39 is 50.4 Å². The minimum absolute atomic E-state index is 0. The lowest BCUT2D eigenvalue weighted by Crippen LogP contribution is -2.41. The first-order valence-corrected chi connectivity index (χ1v) is 8.63. The van der Waals surface area contributed by atoms with Crippen molar-refractivity contribution < 1.29 is 57.4 Å². The summed E-state index contributed by atoms with van der Waals surface area (Å²) in [7, 11) is -8.31. The van der Waals surface area contributed by atoms with Crippen molar-refractivity contribution in [2.75, 3.05) is 27.3 Å². The predicted molar refractivity (Wildman–Crippen MR) is 77.1 cm³/mol. The Bertz CT molecular complexity index is 604. The Morgan fingerprint density at radius 1 is 0.885 bits per heavy atom. The second kappa shape index (κ2) is 11.9. The van der Waals surface area contributed by atoms with Crippen molar-refractivity contribution in [2.24, 2.45) is 0 Å². The molecule has 0 aromatic carbocycles. The van der Waals surface area contributed by atoms with Crippen molar-refractivity contribution in [2.45, 2.75) is 17.3 Å². The summed E-state index contributed by atoms with van der Waals surface area (Å²) in [6.45, 7) is -1.48. The average Bonchev–Trinajstić information content (AvgIpc) is 2.44. The van der Waals surface area contributed by atoms with Gasteiger partial charge in [-0.1, -0.05) is 0 Å². The Morgan fingerprint density at radius 3 is 1.50 bits per heavy atom. The smallest absolute Gasteiger partial charge is 0.355 e. The third-order valence-electron chi connectivity index (χ3n) is 1.93. The maximum Gasteiger partial charge on any atom is 0.511 e. The summed E-state index contributed by atoms with van der Waals surface area (Å²) in [5.41, 5.74) is -10.7. The molecule has 0 radical (unpaired) electrons. The van der Waals surface area contributed by atoms with Gasteiger partial charge in [0, 0.05) is 14.2 Å². The van der Waals surface area contributed by atoms with Crippen molar-refractivity contribution in [3.63, 3.8) is 0 Å². The zero-order valence-electron chi connectivity index (χ0n) is 12.9. The van der Waals surface area contributed by atoms with Gasteiger partial charge in [0.05, 0.1) is 13.1 Å². The molecule has 0 aromatic rings. The van der Waals surface area contributed by atoms with E-state index in [1.165, 1.54) is 18.9 Å². The van der Waals surface area contributed by atoms with E-state index in [0.29, 0.717) is 0 Å². The summed E-state index contributed by atoms with van der Waals surface area (Å²) < 4.78 is 122. The van der Waals surface area contributed by atoms with Crippen LogP contribution in [0.2, 0.25) is 0 Å². The van der Waals surface area contributed by atoms with Crippen LogP contribution in [0.1, 0.15) is 0 Å². The molecule has 0 fully saturated rings. The summed E-state index contributed by atoms with van der Waals surface area (Å²) in [6, 6.07) is 0. The molecule has 0 unspecified atom stereocenters. The number of aldehydes is 1. The van der Waals surface area contributed by atoms with E-state index in [-0.39, 0.29) is 18.7 Å². The molecule has 18 heteroatoms. The van der Waals surface area contributed by atoms with Gasteiger partial charge in [-0.05, 0) is 0 Å². The first-order valence-electron chi connectivity index (χ1n) is 5.66. The van der Waals surface area contributed by atoms with Crippen LogP contribution in [0.15, 0.2) is 0 Å². The Balaban J connectivity index is -0.000000402. The standard InChI is InChI=1S/C5H10F3NO4S.C3H4F3NO3S.ClH/c1-12-4(13-2)3-9-14(10,11)5(6,7)8;4-3(5,6)11(9,10)7-1-2-8;/h4,9H,3H2,1-2H3;2,7H,1H2;1H. The molecule has 0 amide bonds. The number of carbonyl (C=O) groups is 1. The maximum absolute atomic E-state index is 11.8. The van der Waals surface area contributed by atoms with Gasteiger partial charge in [-0.15, -0.1) is 12.4 Å². The quantitative estimate of drug-likeness (QED) is 0.296. The van der Waals surface area contributed by atoms with Gasteiger partial charge < -0.3 is 14.3 Å². The molecular weight excluding hydrogens is 450 g/mol. The summed E-state index contributed by atoms with van der Waals surface area (Å²) >= 11 is 0. The van der Waals surface area contributed by atoms with Crippen LogP contribution in [0, 0.1) is 0 Å². The van der Waals surface area contributed by atoms with Crippen LogP contribution in [-0.2, 0) is 34.3 Å². The molecule has 0 rings (SSSR count). The molecule has 160 valence electrons. The number of sulfonamides is 2. The topological polar surface area (TPSA) is 128 Å². The molecule has 0 saturated heterocycles. The number of ether oxygens (including phenoxy) is 2. The van der Waals surface area contributed by atoms with E-state index in [0.717, 1.165) is 4.72 Å². The van der Waals surface area contributed by atoms with E-state index in [1.807, 2.05) is 0 Å². The van der Waals surface area contributed by atoms with Crippen molar-refractivity contribution in [3.05, 3.63) is 0 Å². The average molecular weight is 465 g/mol. The third-order valence-corrected chi connectivity index (χ3v) is 4.24. The lowest BCUT2D eigenvalue weighted by molar-refractivity contribution is -0.107. The summed E-state index contributed by atoms with van der Waals surface area (Å²) in [4.78, 5) is 9.48. The molecular formula is C8H15ClF6N2O7S2. The highest BCUT2D eigenvalue weighted by molar-refractivity contribution is 7.90. The third kappa shape index (κ3) is 11.1. The zero-order chi connectivity index (χ0) is 20.5. The predicted octanol–water partition coefficient (Wildman–Crippen LogP) is 0.0908. The molecule has 0 bridgehead atoms. The van der Waals surface area contributed by atoms with Crippen molar-refractivity contribution in [3.8, 4) is 0 Å². The van der Waals surface area contributed by atoms with Crippen LogP contribution in [0.25, 0.3) is 0 Å². The number of halogens is 7. The zero-order valence-corrected chi connectivity index (χ0v) is 15.4. The fourth-order valence-corrected chi connectivity index (χ4v) is 1.72. The molecule has 0 atom stereocenters. The lowest BCUT2D eigenvalue weighted by atomic mass is 10.6. The second-order valence-corrected chi connectivity index (χ2v) is 7.18. The number of methoxy groups -OCH3 is 2.